The molecule has 4 aliphatic rings. The number of carbonyl (C=O) groups excluding carboxylic acids is 3. The Labute approximate surface area is 189 Å². The summed E-state index contributed by atoms with van der Waals surface area (Å²) in [5.74, 6) is -2.32. The third-order valence-electron chi connectivity index (χ3n) is 7.78. The molecule has 0 aliphatic carbocycles. The lowest BCUT2D eigenvalue weighted by molar-refractivity contribution is -0.384. The fraction of sp³-hybridized carbons (Fsp3) is 0.375. The Hall–Kier alpha value is -3.59. The van der Waals surface area contributed by atoms with Crippen molar-refractivity contribution in [2.24, 2.45) is 11.8 Å². The maximum Gasteiger partial charge on any atom is 0.269 e. The number of fused-ring (bicyclic) bond motifs is 7. The van der Waals surface area contributed by atoms with Crippen LogP contribution in [0.1, 0.15) is 25.3 Å². The number of likely N-dealkylation sites (N-methyl/N-ethyl adjacent to an activating group) is 1. The monoisotopic (exact) mass is 446 g/mol. The van der Waals surface area contributed by atoms with Crippen LogP contribution in [0.3, 0.4) is 0 Å². The summed E-state index contributed by atoms with van der Waals surface area (Å²) in [4.78, 5) is 57.2. The molecule has 4 heterocycles. The molecule has 0 bridgehead atoms. The van der Waals surface area contributed by atoms with E-state index in [0.29, 0.717) is 18.8 Å². The zero-order valence-electron chi connectivity index (χ0n) is 18.0. The molecule has 1 spiro atoms. The van der Waals surface area contributed by atoms with Gasteiger partial charge in [0.25, 0.3) is 11.6 Å². The van der Waals surface area contributed by atoms with Crippen LogP contribution in [0.25, 0.3) is 0 Å². The van der Waals surface area contributed by atoms with Gasteiger partial charge in [0.2, 0.25) is 11.8 Å². The highest BCUT2D eigenvalue weighted by Crippen LogP contribution is 2.61. The van der Waals surface area contributed by atoms with Gasteiger partial charge in [-0.05, 0) is 44.5 Å². The number of hydrogen-bond donors (Lipinski definition) is 0. The number of imide groups is 1. The fourth-order valence-electron chi connectivity index (χ4n) is 6.63. The Balaban J connectivity index is 1.52. The number of amides is 3. The highest BCUT2D eigenvalue weighted by atomic mass is 16.6. The van der Waals surface area contributed by atoms with Crippen molar-refractivity contribution in [1.82, 2.24) is 4.90 Å². The molecule has 9 heteroatoms. The summed E-state index contributed by atoms with van der Waals surface area (Å²) in [6.45, 7) is 3.04. The lowest BCUT2D eigenvalue weighted by Gasteiger charge is -2.37. The van der Waals surface area contributed by atoms with Crippen molar-refractivity contribution < 1.29 is 19.3 Å². The number of nitro benzene ring substituents is 1. The average molecular weight is 446 g/mol. The predicted octanol–water partition coefficient (Wildman–Crippen LogP) is 2.44. The maximum atomic E-state index is 14.0. The van der Waals surface area contributed by atoms with Crippen molar-refractivity contribution in [3.8, 4) is 0 Å². The van der Waals surface area contributed by atoms with E-state index in [1.165, 1.54) is 24.3 Å². The van der Waals surface area contributed by atoms with Crippen molar-refractivity contribution in [1.29, 1.82) is 0 Å². The molecule has 3 fully saturated rings. The minimum atomic E-state index is -1.19. The molecule has 6 rings (SSSR count). The van der Waals surface area contributed by atoms with Crippen LogP contribution in [0.2, 0.25) is 0 Å². The fourth-order valence-corrected chi connectivity index (χ4v) is 6.63. The second kappa shape index (κ2) is 6.71. The van der Waals surface area contributed by atoms with Gasteiger partial charge in [-0.25, -0.2) is 4.90 Å². The summed E-state index contributed by atoms with van der Waals surface area (Å²) in [7, 11) is 0. The summed E-state index contributed by atoms with van der Waals surface area (Å²) < 4.78 is 0. The normalized spacial score (nSPS) is 30.3. The molecule has 0 radical (unpaired) electrons. The third-order valence-corrected chi connectivity index (χ3v) is 7.78. The van der Waals surface area contributed by atoms with Crippen LogP contribution in [-0.4, -0.2) is 46.7 Å². The second-order valence-electron chi connectivity index (χ2n) is 9.02. The van der Waals surface area contributed by atoms with Gasteiger partial charge in [-0.2, -0.15) is 0 Å². The number of rotatable bonds is 3. The molecule has 33 heavy (non-hydrogen) atoms. The van der Waals surface area contributed by atoms with Gasteiger partial charge in [0.05, 0.1) is 22.4 Å². The molecule has 3 saturated heterocycles. The minimum Gasteiger partial charge on any atom is -0.310 e. The summed E-state index contributed by atoms with van der Waals surface area (Å²) in [5.41, 5.74) is 0.583. The lowest BCUT2D eigenvalue weighted by Crippen LogP contribution is -2.56. The number of benzene rings is 2. The second-order valence-corrected chi connectivity index (χ2v) is 9.02. The largest absolute Gasteiger partial charge is 0.310 e. The molecule has 2 aromatic carbocycles. The summed E-state index contributed by atoms with van der Waals surface area (Å²) in [5, 5.41) is 11.0. The van der Waals surface area contributed by atoms with E-state index < -0.39 is 28.2 Å². The SMILES string of the molecule is CCN1C(=O)[C@]2(c3ccccc31)[C@@H]1C(=O)N(c3ccc([N+](=O)[O-])cc3)C(=O)[C@H]1[C@H]1CCCN12. The van der Waals surface area contributed by atoms with E-state index in [1.54, 1.807) is 4.90 Å². The Morgan fingerprint density at radius 3 is 2.48 bits per heavy atom. The first-order chi connectivity index (χ1) is 15.9. The van der Waals surface area contributed by atoms with Gasteiger partial charge in [0.1, 0.15) is 5.54 Å². The molecule has 0 unspecified atom stereocenters. The smallest absolute Gasteiger partial charge is 0.269 e. The van der Waals surface area contributed by atoms with E-state index in [0.717, 1.165) is 29.0 Å². The van der Waals surface area contributed by atoms with Gasteiger partial charge in [-0.3, -0.25) is 29.4 Å². The zero-order valence-corrected chi connectivity index (χ0v) is 18.0. The number of nitro groups is 1. The van der Waals surface area contributed by atoms with Crippen molar-refractivity contribution in [3.63, 3.8) is 0 Å². The molecule has 2 aromatic rings. The first-order valence-electron chi connectivity index (χ1n) is 11.2. The molecule has 4 atom stereocenters. The van der Waals surface area contributed by atoms with Crippen LogP contribution in [0.15, 0.2) is 48.5 Å². The van der Waals surface area contributed by atoms with E-state index in [9.17, 15) is 24.5 Å². The predicted molar refractivity (Wildman–Crippen MR) is 118 cm³/mol. The van der Waals surface area contributed by atoms with Crippen molar-refractivity contribution >= 4 is 34.8 Å². The van der Waals surface area contributed by atoms with Gasteiger partial charge >= 0.3 is 0 Å². The first-order valence-corrected chi connectivity index (χ1v) is 11.2. The van der Waals surface area contributed by atoms with Gasteiger partial charge in [0, 0.05) is 36.0 Å². The van der Waals surface area contributed by atoms with Crippen LogP contribution in [0.5, 0.6) is 0 Å². The minimum absolute atomic E-state index is 0.116. The molecule has 0 saturated carbocycles. The molecule has 4 aliphatic heterocycles. The summed E-state index contributed by atoms with van der Waals surface area (Å²) in [6.07, 6.45) is 1.60. The van der Waals surface area contributed by atoms with E-state index in [2.05, 4.69) is 4.90 Å². The summed E-state index contributed by atoms with van der Waals surface area (Å²) >= 11 is 0. The Bertz CT molecular complexity index is 1230. The van der Waals surface area contributed by atoms with Gasteiger partial charge in [0.15, 0.2) is 0 Å². The summed E-state index contributed by atoms with van der Waals surface area (Å²) in [6, 6.07) is 12.8. The Morgan fingerprint density at radius 2 is 1.79 bits per heavy atom. The number of hydrogen-bond acceptors (Lipinski definition) is 6. The zero-order chi connectivity index (χ0) is 23.1. The number of non-ortho nitro benzene ring substituents is 1. The van der Waals surface area contributed by atoms with E-state index in [1.807, 2.05) is 31.2 Å². The highest BCUT2D eigenvalue weighted by molar-refractivity contribution is 6.26. The van der Waals surface area contributed by atoms with Crippen molar-refractivity contribution in [3.05, 3.63) is 64.2 Å². The maximum absolute atomic E-state index is 14.0. The molecule has 168 valence electrons. The third kappa shape index (κ3) is 2.27. The molecule has 3 amide bonds. The molecule has 0 aromatic heterocycles. The molecular weight excluding hydrogens is 424 g/mol. The van der Waals surface area contributed by atoms with Crippen LogP contribution in [-0.2, 0) is 19.9 Å². The van der Waals surface area contributed by atoms with Crippen LogP contribution < -0.4 is 9.80 Å². The van der Waals surface area contributed by atoms with Crippen LogP contribution in [0.4, 0.5) is 17.1 Å². The molecule has 9 nitrogen and oxygen atoms in total. The van der Waals surface area contributed by atoms with Crippen LogP contribution >= 0.6 is 0 Å². The first kappa shape index (κ1) is 20.0. The lowest BCUT2D eigenvalue weighted by atomic mass is 9.75. The molecular formula is C24H22N4O5. The Morgan fingerprint density at radius 1 is 1.06 bits per heavy atom. The average Bonchev–Trinajstić information content (AvgIpc) is 3.51. The van der Waals surface area contributed by atoms with Crippen molar-refractivity contribution in [2.45, 2.75) is 31.3 Å². The van der Waals surface area contributed by atoms with Crippen molar-refractivity contribution in [2.75, 3.05) is 22.9 Å². The number of carbonyl (C=O) groups is 3. The van der Waals surface area contributed by atoms with Gasteiger partial charge < -0.3 is 4.90 Å². The number of nitrogens with zero attached hydrogens (tertiary/aromatic N) is 4. The van der Waals surface area contributed by atoms with Gasteiger partial charge in [-0.15, -0.1) is 0 Å². The molecule has 0 N–H and O–H groups in total. The van der Waals surface area contributed by atoms with Gasteiger partial charge in [-0.1, -0.05) is 18.2 Å². The topological polar surface area (TPSA) is 104 Å². The Kier molecular flexibility index (Phi) is 4.08. The quantitative estimate of drug-likeness (QED) is 0.408. The standard InChI is InChI=1S/C24H22N4O5/c1-2-25-17-7-4-3-6-16(17)24(23(25)31)20-19(18-8-5-13-26(18)24)21(29)27(22(20)30)14-9-11-15(12-10-14)28(32)33/h3-4,6-7,9-12,18-20H,2,5,8,13H2,1H3/t18-,19+,20+,24+/m1/s1. The van der Waals surface area contributed by atoms with E-state index >= 15 is 0 Å². The van der Waals surface area contributed by atoms with E-state index in [4.69, 9.17) is 0 Å². The van der Waals surface area contributed by atoms with Crippen LogP contribution in [0, 0.1) is 22.0 Å². The highest BCUT2D eigenvalue weighted by Gasteiger charge is 2.75. The number of anilines is 2. The number of para-hydroxylation sites is 1. The van der Waals surface area contributed by atoms with E-state index in [-0.39, 0.29) is 23.5 Å².